The van der Waals surface area contributed by atoms with Gasteiger partial charge in [-0.2, -0.15) is 11.8 Å². The maximum atomic E-state index is 4.30. The van der Waals surface area contributed by atoms with Crippen LogP contribution in [0.15, 0.2) is 4.99 Å². The van der Waals surface area contributed by atoms with Crippen molar-refractivity contribution in [3.63, 3.8) is 0 Å². The van der Waals surface area contributed by atoms with Crippen LogP contribution in [0.4, 0.5) is 0 Å². The van der Waals surface area contributed by atoms with E-state index < -0.39 is 0 Å². The van der Waals surface area contributed by atoms with Crippen molar-refractivity contribution in [1.29, 1.82) is 0 Å². The Morgan fingerprint density at radius 1 is 1.35 bits per heavy atom. The lowest BCUT2D eigenvalue weighted by Crippen LogP contribution is -2.48. The highest BCUT2D eigenvalue weighted by Crippen LogP contribution is 2.34. The zero-order valence-corrected chi connectivity index (χ0v) is 16.8. The molecular weight excluding hydrogens is 383 g/mol. The summed E-state index contributed by atoms with van der Waals surface area (Å²) in [6, 6.07) is 0.618. The summed E-state index contributed by atoms with van der Waals surface area (Å²) >= 11 is 1.87. The number of nitrogens with zero attached hydrogens (tertiary/aromatic N) is 2. The summed E-state index contributed by atoms with van der Waals surface area (Å²) in [5.74, 6) is 1.78. The smallest absolute Gasteiger partial charge is 0.191 e. The standard InChI is InChI=1S/C14H30N4S.HI/c1-14(2,19-6)10-17-13(15-3)16-9-12(18(4)5)11-7-8-11;/h11-12H,7-10H2,1-6H3,(H2,15,16,17);1H. The number of hydrogen-bond donors (Lipinski definition) is 2. The first-order chi connectivity index (χ1) is 8.89. The highest BCUT2D eigenvalue weighted by Gasteiger charge is 2.32. The van der Waals surface area contributed by atoms with Gasteiger partial charge in [-0.3, -0.25) is 4.99 Å². The molecule has 0 bridgehead atoms. The van der Waals surface area contributed by atoms with Gasteiger partial charge in [0.25, 0.3) is 0 Å². The molecule has 4 nitrogen and oxygen atoms in total. The Kier molecular flexibility index (Phi) is 9.50. The van der Waals surface area contributed by atoms with Gasteiger partial charge in [-0.25, -0.2) is 0 Å². The van der Waals surface area contributed by atoms with E-state index in [1.807, 2.05) is 18.8 Å². The van der Waals surface area contributed by atoms with Crippen LogP contribution in [0.5, 0.6) is 0 Å². The molecule has 0 aromatic carbocycles. The maximum absolute atomic E-state index is 4.30. The summed E-state index contributed by atoms with van der Waals surface area (Å²) < 4.78 is 0.231. The van der Waals surface area contributed by atoms with E-state index in [1.165, 1.54) is 12.8 Å². The van der Waals surface area contributed by atoms with E-state index in [2.05, 4.69) is 54.7 Å². The molecule has 0 aliphatic heterocycles. The molecule has 1 aliphatic carbocycles. The fraction of sp³-hybridized carbons (Fsp3) is 0.929. The zero-order valence-electron chi connectivity index (χ0n) is 13.7. The van der Waals surface area contributed by atoms with Crippen molar-refractivity contribution >= 4 is 41.7 Å². The van der Waals surface area contributed by atoms with E-state index in [4.69, 9.17) is 0 Å². The summed E-state index contributed by atoms with van der Waals surface area (Å²) in [6.07, 6.45) is 4.89. The number of guanidine groups is 1. The van der Waals surface area contributed by atoms with Gasteiger partial charge in [0.2, 0.25) is 0 Å². The Balaban J connectivity index is 0.00000361. The van der Waals surface area contributed by atoms with Crippen LogP contribution in [-0.2, 0) is 0 Å². The number of thioether (sulfide) groups is 1. The number of nitrogens with one attached hydrogen (secondary N) is 2. The normalized spacial score (nSPS) is 17.6. The van der Waals surface area contributed by atoms with Crippen molar-refractivity contribution in [3.05, 3.63) is 0 Å². The van der Waals surface area contributed by atoms with Gasteiger partial charge in [-0.05, 0) is 53.0 Å². The molecule has 0 spiro atoms. The maximum Gasteiger partial charge on any atom is 0.191 e. The molecule has 0 aromatic heterocycles. The molecule has 1 atom stereocenters. The number of hydrogen-bond acceptors (Lipinski definition) is 3. The van der Waals surface area contributed by atoms with E-state index in [0.717, 1.165) is 25.0 Å². The molecule has 1 aliphatic rings. The van der Waals surface area contributed by atoms with Crippen LogP contribution in [0.3, 0.4) is 0 Å². The molecule has 20 heavy (non-hydrogen) atoms. The minimum atomic E-state index is 0. The third-order valence-electron chi connectivity index (χ3n) is 3.77. The van der Waals surface area contributed by atoms with Gasteiger partial charge in [-0.15, -0.1) is 24.0 Å². The average Bonchev–Trinajstić information content (AvgIpc) is 3.17. The Labute approximate surface area is 145 Å². The van der Waals surface area contributed by atoms with Gasteiger partial charge in [0.05, 0.1) is 0 Å². The van der Waals surface area contributed by atoms with Crippen LogP contribution in [0.2, 0.25) is 0 Å². The third-order valence-corrected chi connectivity index (χ3v) is 5.02. The molecule has 0 aromatic rings. The molecule has 1 rings (SSSR count). The Morgan fingerprint density at radius 3 is 2.35 bits per heavy atom. The van der Waals surface area contributed by atoms with E-state index in [-0.39, 0.29) is 28.7 Å². The molecule has 1 fully saturated rings. The summed E-state index contributed by atoms with van der Waals surface area (Å²) in [5.41, 5.74) is 0. The molecular formula is C14H31IN4S. The highest BCUT2D eigenvalue weighted by atomic mass is 127. The summed E-state index contributed by atoms with van der Waals surface area (Å²) in [4.78, 5) is 6.63. The highest BCUT2D eigenvalue weighted by molar-refractivity contribution is 14.0. The molecule has 0 radical (unpaired) electrons. The second-order valence-corrected chi connectivity index (χ2v) is 7.65. The number of halogens is 1. The van der Waals surface area contributed by atoms with Gasteiger partial charge in [0, 0.05) is 30.9 Å². The minimum absolute atomic E-state index is 0. The molecule has 1 unspecified atom stereocenters. The van der Waals surface area contributed by atoms with E-state index in [1.54, 1.807) is 0 Å². The quantitative estimate of drug-likeness (QED) is 0.381. The van der Waals surface area contributed by atoms with Crippen molar-refractivity contribution < 1.29 is 0 Å². The third kappa shape index (κ3) is 7.36. The Hall–Kier alpha value is 0.310. The first kappa shape index (κ1) is 20.3. The van der Waals surface area contributed by atoms with E-state index >= 15 is 0 Å². The van der Waals surface area contributed by atoms with Gasteiger partial charge >= 0.3 is 0 Å². The summed E-state index contributed by atoms with van der Waals surface area (Å²) in [5, 5.41) is 6.87. The van der Waals surface area contributed by atoms with Crippen molar-refractivity contribution in [3.8, 4) is 0 Å². The summed E-state index contributed by atoms with van der Waals surface area (Å²) in [6.45, 7) is 6.37. The zero-order chi connectivity index (χ0) is 14.5. The lowest BCUT2D eigenvalue weighted by atomic mass is 10.1. The molecule has 2 N–H and O–H groups in total. The van der Waals surface area contributed by atoms with E-state index in [0.29, 0.717) is 6.04 Å². The number of rotatable bonds is 7. The first-order valence-corrected chi connectivity index (χ1v) is 8.28. The second kappa shape index (κ2) is 9.35. The Bertz CT molecular complexity index is 302. The van der Waals surface area contributed by atoms with E-state index in [9.17, 15) is 0 Å². The van der Waals surface area contributed by atoms with Crippen LogP contribution in [0.25, 0.3) is 0 Å². The molecule has 0 amide bonds. The van der Waals surface area contributed by atoms with Crippen LogP contribution in [0.1, 0.15) is 26.7 Å². The molecule has 0 heterocycles. The van der Waals surface area contributed by atoms with Crippen molar-refractivity contribution in [2.24, 2.45) is 10.9 Å². The monoisotopic (exact) mass is 414 g/mol. The van der Waals surface area contributed by atoms with Gasteiger partial charge in [0.15, 0.2) is 5.96 Å². The predicted molar refractivity (Wildman–Crippen MR) is 103 cm³/mol. The Morgan fingerprint density at radius 2 is 1.95 bits per heavy atom. The lowest BCUT2D eigenvalue weighted by molar-refractivity contribution is 0.264. The molecule has 120 valence electrons. The molecule has 0 saturated heterocycles. The number of aliphatic imine (C=N–C) groups is 1. The van der Waals surface area contributed by atoms with Gasteiger partial charge < -0.3 is 15.5 Å². The van der Waals surface area contributed by atoms with Crippen LogP contribution in [0, 0.1) is 5.92 Å². The first-order valence-electron chi connectivity index (χ1n) is 7.05. The van der Waals surface area contributed by atoms with Gasteiger partial charge in [0.1, 0.15) is 0 Å². The van der Waals surface area contributed by atoms with Crippen molar-refractivity contribution in [1.82, 2.24) is 15.5 Å². The average molecular weight is 414 g/mol. The minimum Gasteiger partial charge on any atom is -0.355 e. The van der Waals surface area contributed by atoms with Crippen molar-refractivity contribution in [2.45, 2.75) is 37.5 Å². The second-order valence-electron chi connectivity index (χ2n) is 6.14. The SMILES string of the molecule is CN=C(NCC(C1CC1)N(C)C)NCC(C)(C)SC.I. The molecule has 1 saturated carbocycles. The van der Waals surface area contributed by atoms with Crippen molar-refractivity contribution in [2.75, 3.05) is 40.5 Å². The van der Waals surface area contributed by atoms with Crippen LogP contribution >= 0.6 is 35.7 Å². The fourth-order valence-corrected chi connectivity index (χ4v) is 2.26. The predicted octanol–water partition coefficient (Wildman–Crippen LogP) is 2.25. The molecule has 6 heteroatoms. The number of likely N-dealkylation sites (N-methyl/N-ethyl adjacent to an activating group) is 1. The van der Waals surface area contributed by atoms with Crippen LogP contribution < -0.4 is 10.6 Å². The fourth-order valence-electron chi connectivity index (χ4n) is 2.04. The summed E-state index contributed by atoms with van der Waals surface area (Å²) in [7, 11) is 6.17. The van der Waals surface area contributed by atoms with Gasteiger partial charge in [-0.1, -0.05) is 0 Å². The van der Waals surface area contributed by atoms with Crippen LogP contribution in [-0.4, -0.2) is 62.1 Å². The largest absolute Gasteiger partial charge is 0.355 e. The lowest BCUT2D eigenvalue weighted by Gasteiger charge is -2.27. The topological polar surface area (TPSA) is 39.7 Å².